The fourth-order valence-electron chi connectivity index (χ4n) is 4.27. The molecule has 0 bridgehead atoms. The van der Waals surface area contributed by atoms with E-state index >= 15 is 0 Å². The van der Waals surface area contributed by atoms with Crippen molar-refractivity contribution < 1.29 is 24.0 Å². The minimum atomic E-state index is -0.767. The van der Waals surface area contributed by atoms with Gasteiger partial charge < -0.3 is 14.4 Å². The van der Waals surface area contributed by atoms with E-state index in [1.54, 1.807) is 13.8 Å². The van der Waals surface area contributed by atoms with Crippen LogP contribution in [-0.4, -0.2) is 38.9 Å². The van der Waals surface area contributed by atoms with Crippen molar-refractivity contribution in [1.29, 1.82) is 0 Å². The topological polar surface area (TPSA) is 119 Å². The number of hydrogen-bond acceptors (Lipinski definition) is 7. The summed E-state index contributed by atoms with van der Waals surface area (Å²) in [6.07, 6.45) is 5.21. The number of anilines is 2. The molecule has 4 aromatic rings. The highest BCUT2D eigenvalue weighted by molar-refractivity contribution is 5.99. The van der Waals surface area contributed by atoms with Crippen LogP contribution in [0.4, 0.5) is 16.3 Å². The average molecular weight is 485 g/mol. The number of aliphatic carboxylic acids is 1. The molecule has 0 atom stereocenters. The fraction of sp³-hybridized carbons (Fsp3) is 0.222. The highest BCUT2D eigenvalue weighted by atomic mass is 16.6. The van der Waals surface area contributed by atoms with Gasteiger partial charge in [0.15, 0.2) is 11.6 Å². The first-order valence-corrected chi connectivity index (χ1v) is 11.6. The molecule has 0 radical (unpaired) electrons. The Morgan fingerprint density at radius 2 is 1.67 bits per heavy atom. The van der Waals surface area contributed by atoms with Crippen molar-refractivity contribution in [1.82, 2.24) is 15.1 Å². The number of amides is 1. The molecule has 2 aromatic carbocycles. The van der Waals surface area contributed by atoms with Crippen LogP contribution in [0, 0.1) is 6.92 Å². The number of carbonyl (C=O) groups is 2. The first-order valence-electron chi connectivity index (χ1n) is 11.6. The summed E-state index contributed by atoms with van der Waals surface area (Å²) < 4.78 is 10.7. The van der Waals surface area contributed by atoms with E-state index in [-0.39, 0.29) is 12.4 Å². The molecule has 1 saturated carbocycles. The van der Waals surface area contributed by atoms with Crippen molar-refractivity contribution in [2.75, 3.05) is 11.5 Å². The van der Waals surface area contributed by atoms with Gasteiger partial charge in [-0.25, -0.2) is 14.7 Å². The highest BCUT2D eigenvalue weighted by Gasteiger charge is 2.51. The smallest absolute Gasteiger partial charge is 0.420 e. The zero-order chi connectivity index (χ0) is 25.3. The second-order valence-electron chi connectivity index (χ2n) is 8.58. The quantitative estimate of drug-likeness (QED) is 0.364. The molecular formula is C27H24N4O5. The van der Waals surface area contributed by atoms with Crippen LogP contribution in [0.25, 0.3) is 22.4 Å². The fourth-order valence-corrected chi connectivity index (χ4v) is 4.27. The van der Waals surface area contributed by atoms with E-state index in [9.17, 15) is 14.7 Å². The lowest BCUT2D eigenvalue weighted by atomic mass is 9.93. The minimum Gasteiger partial charge on any atom is -0.481 e. The van der Waals surface area contributed by atoms with Gasteiger partial charge in [0.1, 0.15) is 11.4 Å². The van der Waals surface area contributed by atoms with Crippen LogP contribution in [-0.2, 0) is 14.9 Å². The molecule has 36 heavy (non-hydrogen) atoms. The van der Waals surface area contributed by atoms with E-state index < -0.39 is 17.5 Å². The Labute approximate surface area is 207 Å². The van der Waals surface area contributed by atoms with Crippen LogP contribution < -0.4 is 4.90 Å². The van der Waals surface area contributed by atoms with Gasteiger partial charge in [-0.3, -0.25) is 9.78 Å². The molecule has 9 heteroatoms. The van der Waals surface area contributed by atoms with Crippen molar-refractivity contribution in [3.63, 3.8) is 0 Å². The number of carboxylic acids is 1. The third kappa shape index (κ3) is 4.08. The summed E-state index contributed by atoms with van der Waals surface area (Å²) in [6.45, 7) is 3.63. The van der Waals surface area contributed by atoms with Crippen LogP contribution >= 0.6 is 0 Å². The van der Waals surface area contributed by atoms with Gasteiger partial charge in [0.05, 0.1) is 18.2 Å². The van der Waals surface area contributed by atoms with E-state index in [4.69, 9.17) is 9.26 Å². The Bertz CT molecular complexity index is 1390. The van der Waals surface area contributed by atoms with Crippen LogP contribution in [0.15, 0.2) is 71.6 Å². The van der Waals surface area contributed by atoms with E-state index in [2.05, 4.69) is 15.1 Å². The second-order valence-corrected chi connectivity index (χ2v) is 8.58. The number of benzene rings is 2. The van der Waals surface area contributed by atoms with Crippen LogP contribution in [0.1, 0.15) is 31.1 Å². The Hall–Kier alpha value is -4.53. The van der Waals surface area contributed by atoms with Gasteiger partial charge in [-0.15, -0.1) is 0 Å². The van der Waals surface area contributed by atoms with Crippen molar-refractivity contribution >= 4 is 23.6 Å². The van der Waals surface area contributed by atoms with Crippen molar-refractivity contribution in [2.45, 2.75) is 32.1 Å². The number of ether oxygens (including phenoxy) is 1. The first kappa shape index (κ1) is 23.2. The third-order valence-electron chi connectivity index (χ3n) is 6.37. The minimum absolute atomic E-state index is 0.191. The molecule has 0 aliphatic heterocycles. The summed E-state index contributed by atoms with van der Waals surface area (Å²) in [5.74, 6) is -0.0533. The molecule has 0 saturated heterocycles. The Morgan fingerprint density at radius 3 is 2.22 bits per heavy atom. The number of hydrogen-bond donors (Lipinski definition) is 1. The summed E-state index contributed by atoms with van der Waals surface area (Å²) in [5.41, 5.74) is 3.67. The van der Waals surface area contributed by atoms with E-state index in [1.165, 1.54) is 23.5 Å². The van der Waals surface area contributed by atoms with Gasteiger partial charge in [-0.05, 0) is 43.4 Å². The molecule has 182 valence electrons. The summed E-state index contributed by atoms with van der Waals surface area (Å²) in [6, 6.07) is 15.3. The van der Waals surface area contributed by atoms with E-state index in [0.717, 1.165) is 22.3 Å². The van der Waals surface area contributed by atoms with Crippen LogP contribution in [0.5, 0.6) is 0 Å². The van der Waals surface area contributed by atoms with Crippen LogP contribution in [0.2, 0.25) is 0 Å². The predicted molar refractivity (Wildman–Crippen MR) is 132 cm³/mol. The Kier molecular flexibility index (Phi) is 5.97. The Morgan fingerprint density at radius 1 is 1.03 bits per heavy atom. The number of carboxylic acid groups (broad SMARTS) is 1. The molecule has 0 spiro atoms. The highest BCUT2D eigenvalue weighted by Crippen LogP contribution is 2.48. The molecule has 2 aromatic heterocycles. The van der Waals surface area contributed by atoms with Crippen molar-refractivity contribution in [3.05, 3.63) is 78.4 Å². The summed E-state index contributed by atoms with van der Waals surface area (Å²) in [7, 11) is 0. The van der Waals surface area contributed by atoms with Gasteiger partial charge in [0, 0.05) is 18.0 Å². The molecule has 1 fully saturated rings. The molecule has 1 aliphatic rings. The van der Waals surface area contributed by atoms with Gasteiger partial charge in [0.2, 0.25) is 0 Å². The molecule has 2 heterocycles. The number of carbonyl (C=O) groups excluding carboxylic acids is 1. The van der Waals surface area contributed by atoms with Crippen molar-refractivity contribution in [3.8, 4) is 22.4 Å². The molecule has 0 unspecified atom stereocenters. The molecule has 1 aliphatic carbocycles. The van der Waals surface area contributed by atoms with Crippen LogP contribution in [0.3, 0.4) is 0 Å². The predicted octanol–water partition coefficient (Wildman–Crippen LogP) is 5.52. The molecule has 1 N–H and O–H groups in total. The Balaban J connectivity index is 1.47. The number of aryl methyl sites for hydroxylation is 1. The van der Waals surface area contributed by atoms with Gasteiger partial charge in [0.25, 0.3) is 0 Å². The molecule has 9 nitrogen and oxygen atoms in total. The van der Waals surface area contributed by atoms with Gasteiger partial charge in [-0.2, -0.15) is 0 Å². The molecule has 1 amide bonds. The lowest BCUT2D eigenvalue weighted by Crippen LogP contribution is -2.28. The maximum Gasteiger partial charge on any atom is 0.420 e. The monoisotopic (exact) mass is 484 g/mol. The molecule has 5 rings (SSSR count). The number of nitrogens with zero attached hydrogens (tertiary/aromatic N) is 4. The standard InChI is InChI=1S/C27H24N4O5/c1-3-35-26(34)31(22-16-28-14-15-29-22)24-17(2)36-30-23(24)20-6-4-18(5-7-20)19-8-10-21(11-9-19)27(12-13-27)25(32)33/h4-11,14-16H,3,12-13H2,1-2H3,(H,32,33). The second kappa shape index (κ2) is 9.26. The zero-order valence-electron chi connectivity index (χ0n) is 19.8. The summed E-state index contributed by atoms with van der Waals surface area (Å²) in [4.78, 5) is 34.1. The lowest BCUT2D eigenvalue weighted by Gasteiger charge is -2.20. The van der Waals surface area contributed by atoms with E-state index in [0.29, 0.717) is 30.0 Å². The third-order valence-corrected chi connectivity index (χ3v) is 6.37. The largest absolute Gasteiger partial charge is 0.481 e. The van der Waals surface area contributed by atoms with Gasteiger partial charge >= 0.3 is 12.1 Å². The maximum atomic E-state index is 12.9. The number of aromatic nitrogens is 3. The van der Waals surface area contributed by atoms with Crippen molar-refractivity contribution in [2.24, 2.45) is 0 Å². The lowest BCUT2D eigenvalue weighted by molar-refractivity contribution is -0.140. The normalized spacial score (nSPS) is 13.7. The van der Waals surface area contributed by atoms with Gasteiger partial charge in [-0.1, -0.05) is 53.7 Å². The average Bonchev–Trinajstić information content (AvgIpc) is 3.64. The molecular weight excluding hydrogens is 460 g/mol. The van der Waals surface area contributed by atoms with E-state index in [1.807, 2.05) is 48.5 Å². The summed E-state index contributed by atoms with van der Waals surface area (Å²) >= 11 is 0. The first-order chi connectivity index (χ1) is 17.4. The number of rotatable bonds is 7. The SMILES string of the molecule is CCOC(=O)N(c1cnccn1)c1c(-c2ccc(-c3ccc(C4(C(=O)O)CC4)cc3)cc2)noc1C. The maximum absolute atomic E-state index is 12.9. The summed E-state index contributed by atoms with van der Waals surface area (Å²) in [5, 5.41) is 13.7. The zero-order valence-corrected chi connectivity index (χ0v) is 19.8.